The van der Waals surface area contributed by atoms with Crippen molar-refractivity contribution in [2.45, 2.75) is 52.6 Å². The number of nitrogens with zero attached hydrogens (tertiary/aromatic N) is 3. The number of hydrogen-bond donors (Lipinski definition) is 1. The molecule has 2 unspecified atom stereocenters. The molecule has 2 atom stereocenters. The molecule has 26 heavy (non-hydrogen) atoms. The molecule has 1 aromatic heterocycles. The van der Waals surface area contributed by atoms with E-state index >= 15 is 0 Å². The van der Waals surface area contributed by atoms with Crippen LogP contribution in [0.1, 0.15) is 45.6 Å². The zero-order valence-corrected chi connectivity index (χ0v) is 15.5. The lowest BCUT2D eigenvalue weighted by Crippen LogP contribution is -2.34. The van der Waals surface area contributed by atoms with E-state index in [-0.39, 0.29) is 21.8 Å². The van der Waals surface area contributed by atoms with E-state index in [1.165, 1.54) is 12.5 Å². The van der Waals surface area contributed by atoms with E-state index in [4.69, 9.17) is 0 Å². The molecule has 4 rings (SSSR count). The fourth-order valence-corrected chi connectivity index (χ4v) is 5.52. The van der Waals surface area contributed by atoms with Crippen molar-refractivity contribution in [2.24, 2.45) is 10.8 Å². The van der Waals surface area contributed by atoms with Crippen LogP contribution in [0.3, 0.4) is 0 Å². The van der Waals surface area contributed by atoms with Gasteiger partial charge in [-0.1, -0.05) is 20.8 Å². The number of benzene rings is 1. The molecule has 2 aliphatic rings. The van der Waals surface area contributed by atoms with Crippen LogP contribution in [0, 0.1) is 20.9 Å². The smallest absolute Gasteiger partial charge is 0.279 e. The van der Waals surface area contributed by atoms with Gasteiger partial charge in [-0.2, -0.15) is 0 Å². The van der Waals surface area contributed by atoms with Crippen molar-refractivity contribution in [1.82, 2.24) is 9.88 Å². The highest BCUT2D eigenvalue weighted by atomic mass is 16.6. The predicted molar refractivity (Wildman–Crippen MR) is 100.0 cm³/mol. The molecule has 138 valence electrons. The van der Waals surface area contributed by atoms with Crippen molar-refractivity contribution in [3.63, 3.8) is 0 Å². The molecule has 0 radical (unpaired) electrons. The number of aromatic nitrogens is 1. The number of rotatable bonds is 3. The van der Waals surface area contributed by atoms with Crippen LogP contribution in [0.2, 0.25) is 0 Å². The van der Waals surface area contributed by atoms with Crippen molar-refractivity contribution in [2.75, 3.05) is 6.54 Å². The second kappa shape index (κ2) is 5.64. The highest BCUT2D eigenvalue weighted by Crippen LogP contribution is 2.53. The Kier molecular flexibility index (Phi) is 3.74. The molecule has 1 saturated heterocycles. The Balaban J connectivity index is 1.72. The molecule has 1 aliphatic heterocycles. The number of non-ortho nitro benzene ring substituents is 1. The van der Waals surface area contributed by atoms with Gasteiger partial charge in [0.2, 0.25) is 0 Å². The maximum atomic E-state index is 11.5. The molecule has 1 aliphatic carbocycles. The number of nitro benzene ring substituents is 1. The second-order valence-electron chi connectivity index (χ2n) is 9.18. The summed E-state index contributed by atoms with van der Waals surface area (Å²) in [4.78, 5) is 17.7. The van der Waals surface area contributed by atoms with E-state index in [1.54, 1.807) is 18.3 Å². The molecule has 6 heteroatoms. The van der Waals surface area contributed by atoms with Gasteiger partial charge in [-0.15, -0.1) is 0 Å². The zero-order valence-electron chi connectivity index (χ0n) is 15.5. The minimum Gasteiger partial charge on any atom is -0.505 e. The Labute approximate surface area is 153 Å². The van der Waals surface area contributed by atoms with Gasteiger partial charge in [-0.25, -0.2) is 0 Å². The highest BCUT2D eigenvalue weighted by molar-refractivity contribution is 5.93. The molecular formula is C20H25N3O3. The fourth-order valence-electron chi connectivity index (χ4n) is 5.52. The molecule has 1 aromatic carbocycles. The third-order valence-electron chi connectivity index (χ3n) is 6.02. The standard InChI is InChI=1S/C20H25N3O3/c1-19(2)8-14-9-20(3,11-19)12-22(14)10-13-7-16(23(25)26)15-5-4-6-21-17(15)18(13)24/h4-7,14,24H,8-12H2,1-3H3. The summed E-state index contributed by atoms with van der Waals surface area (Å²) in [7, 11) is 0. The molecule has 2 heterocycles. The average Bonchev–Trinajstić information content (AvgIpc) is 2.78. The summed E-state index contributed by atoms with van der Waals surface area (Å²) in [6.07, 6.45) is 5.03. The Hall–Kier alpha value is -2.21. The molecule has 1 saturated carbocycles. The SMILES string of the molecule is CC1(C)CC2CC(C)(CN2Cc2cc([N+](=O)[O-])c3cccnc3c2O)C1. The van der Waals surface area contributed by atoms with Gasteiger partial charge in [0, 0.05) is 37.0 Å². The first kappa shape index (κ1) is 17.2. The van der Waals surface area contributed by atoms with Gasteiger partial charge in [-0.3, -0.25) is 20.0 Å². The van der Waals surface area contributed by atoms with Crippen molar-refractivity contribution in [3.05, 3.63) is 40.1 Å². The van der Waals surface area contributed by atoms with Crippen molar-refractivity contribution in [3.8, 4) is 5.75 Å². The quantitative estimate of drug-likeness (QED) is 0.658. The molecule has 2 aromatic rings. The number of aromatic hydroxyl groups is 1. The monoisotopic (exact) mass is 355 g/mol. The third kappa shape index (κ3) is 2.82. The van der Waals surface area contributed by atoms with Gasteiger partial charge in [-0.05, 0) is 42.2 Å². The first-order valence-corrected chi connectivity index (χ1v) is 9.16. The van der Waals surface area contributed by atoms with Crippen LogP contribution >= 0.6 is 0 Å². The number of phenolic OH excluding ortho intramolecular Hbond substituents is 1. The van der Waals surface area contributed by atoms with Crippen LogP contribution < -0.4 is 0 Å². The summed E-state index contributed by atoms with van der Waals surface area (Å²) < 4.78 is 0. The lowest BCUT2D eigenvalue weighted by atomic mass is 9.65. The summed E-state index contributed by atoms with van der Waals surface area (Å²) in [5.74, 6) is 0.0667. The van der Waals surface area contributed by atoms with Crippen molar-refractivity contribution in [1.29, 1.82) is 0 Å². The lowest BCUT2D eigenvalue weighted by Gasteiger charge is -2.40. The number of fused-ring (bicyclic) bond motifs is 3. The Bertz CT molecular complexity index is 895. The summed E-state index contributed by atoms with van der Waals surface area (Å²) >= 11 is 0. The topological polar surface area (TPSA) is 79.5 Å². The van der Waals surface area contributed by atoms with E-state index in [0.717, 1.165) is 19.4 Å². The molecule has 0 spiro atoms. The maximum Gasteiger partial charge on any atom is 0.279 e. The molecule has 6 nitrogen and oxygen atoms in total. The van der Waals surface area contributed by atoms with Gasteiger partial charge < -0.3 is 5.11 Å². The Morgan fingerprint density at radius 3 is 2.88 bits per heavy atom. The van der Waals surface area contributed by atoms with Gasteiger partial charge in [0.1, 0.15) is 11.3 Å². The fraction of sp³-hybridized carbons (Fsp3) is 0.550. The number of phenols is 1. The van der Waals surface area contributed by atoms with Crippen LogP contribution in [0.15, 0.2) is 24.4 Å². The predicted octanol–water partition coefficient (Wildman–Crippen LogP) is 4.25. The minimum absolute atomic E-state index is 0.00890. The first-order valence-electron chi connectivity index (χ1n) is 9.16. The van der Waals surface area contributed by atoms with Gasteiger partial charge in [0.05, 0.1) is 10.3 Å². The number of nitro groups is 1. The van der Waals surface area contributed by atoms with Crippen molar-refractivity contribution < 1.29 is 10.0 Å². The summed E-state index contributed by atoms with van der Waals surface area (Å²) in [5.41, 5.74) is 1.51. The summed E-state index contributed by atoms with van der Waals surface area (Å²) in [6.45, 7) is 8.47. The van der Waals surface area contributed by atoms with Gasteiger partial charge >= 0.3 is 0 Å². The number of likely N-dealkylation sites (tertiary alicyclic amines) is 1. The van der Waals surface area contributed by atoms with Crippen LogP contribution in [0.25, 0.3) is 10.9 Å². The van der Waals surface area contributed by atoms with E-state index in [1.807, 2.05) is 0 Å². The molecule has 2 bridgehead atoms. The third-order valence-corrected chi connectivity index (χ3v) is 6.02. The van der Waals surface area contributed by atoms with Gasteiger partial charge in [0.25, 0.3) is 5.69 Å². The lowest BCUT2D eigenvalue weighted by molar-refractivity contribution is -0.383. The van der Waals surface area contributed by atoms with Crippen molar-refractivity contribution >= 4 is 16.6 Å². The molecule has 0 amide bonds. The van der Waals surface area contributed by atoms with E-state index < -0.39 is 0 Å². The maximum absolute atomic E-state index is 11.5. The largest absolute Gasteiger partial charge is 0.505 e. The minimum atomic E-state index is -0.389. The number of pyridine rings is 1. The first-order chi connectivity index (χ1) is 12.2. The van der Waals surface area contributed by atoms with E-state index in [2.05, 4.69) is 30.7 Å². The number of hydrogen-bond acceptors (Lipinski definition) is 5. The summed E-state index contributed by atoms with van der Waals surface area (Å²) in [5, 5.41) is 22.6. The van der Waals surface area contributed by atoms with Gasteiger partial charge in [0.15, 0.2) is 0 Å². The van der Waals surface area contributed by atoms with Crippen LogP contribution in [0.4, 0.5) is 5.69 Å². The van der Waals surface area contributed by atoms with E-state index in [9.17, 15) is 15.2 Å². The Morgan fingerprint density at radius 1 is 1.38 bits per heavy atom. The molecule has 1 N–H and O–H groups in total. The van der Waals surface area contributed by atoms with E-state index in [0.29, 0.717) is 34.5 Å². The van der Waals surface area contributed by atoms with Crippen LogP contribution in [-0.2, 0) is 6.54 Å². The highest BCUT2D eigenvalue weighted by Gasteiger charge is 2.49. The zero-order chi connectivity index (χ0) is 18.7. The molecular weight excluding hydrogens is 330 g/mol. The second-order valence-corrected chi connectivity index (χ2v) is 9.18. The summed E-state index contributed by atoms with van der Waals surface area (Å²) in [6, 6.07) is 5.27. The average molecular weight is 355 g/mol. The van der Waals surface area contributed by atoms with Crippen LogP contribution in [0.5, 0.6) is 5.75 Å². The normalized spacial score (nSPS) is 27.7. The molecule has 2 fully saturated rings. The van der Waals surface area contributed by atoms with Crippen LogP contribution in [-0.4, -0.2) is 32.5 Å². The Morgan fingerprint density at radius 2 is 2.15 bits per heavy atom.